The highest BCUT2D eigenvalue weighted by Crippen LogP contribution is 2.41. The molecule has 19 heavy (non-hydrogen) atoms. The van der Waals surface area contributed by atoms with Gasteiger partial charge in [-0.25, -0.2) is 0 Å². The molecular formula is C12H8BrF3N2O. The summed E-state index contributed by atoms with van der Waals surface area (Å²) in [5.41, 5.74) is -0.480. The molecule has 1 heterocycles. The standard InChI is InChI=1S/C12H8BrF3N2O/c13-9-4-3-7(12(14,15)16)5-8(9)11-18-17-10(19-11)6-1-2-6/h3-6H,1-2H2. The SMILES string of the molecule is FC(F)(F)c1ccc(Br)c(-c2nnc(C3CC3)o2)c1. The van der Waals surface area contributed by atoms with E-state index in [2.05, 4.69) is 26.1 Å². The van der Waals surface area contributed by atoms with Crippen molar-refractivity contribution in [2.45, 2.75) is 24.9 Å². The van der Waals surface area contributed by atoms with Crippen molar-refractivity contribution in [2.75, 3.05) is 0 Å². The molecule has 0 spiro atoms. The van der Waals surface area contributed by atoms with Gasteiger partial charge in [-0.05, 0) is 47.0 Å². The van der Waals surface area contributed by atoms with Crippen molar-refractivity contribution in [3.05, 3.63) is 34.1 Å². The predicted molar refractivity (Wildman–Crippen MR) is 64.4 cm³/mol. The quantitative estimate of drug-likeness (QED) is 0.818. The van der Waals surface area contributed by atoms with Gasteiger partial charge in [0.2, 0.25) is 11.8 Å². The first-order valence-electron chi connectivity index (χ1n) is 5.65. The third kappa shape index (κ3) is 2.51. The van der Waals surface area contributed by atoms with Crippen molar-refractivity contribution in [1.82, 2.24) is 10.2 Å². The van der Waals surface area contributed by atoms with Crippen molar-refractivity contribution in [3.63, 3.8) is 0 Å². The lowest BCUT2D eigenvalue weighted by molar-refractivity contribution is -0.137. The Bertz CT molecular complexity index is 620. The Morgan fingerprint density at radius 1 is 1.21 bits per heavy atom. The summed E-state index contributed by atoms with van der Waals surface area (Å²) in [6.07, 6.45) is -2.41. The average Bonchev–Trinajstić information content (AvgIpc) is 3.07. The summed E-state index contributed by atoms with van der Waals surface area (Å²) in [6, 6.07) is 3.35. The summed E-state index contributed by atoms with van der Waals surface area (Å²) in [5.74, 6) is 0.880. The highest BCUT2D eigenvalue weighted by Gasteiger charge is 2.32. The first-order chi connectivity index (χ1) is 8.95. The molecule has 0 unspecified atom stereocenters. The minimum Gasteiger partial charge on any atom is -0.420 e. The molecule has 1 aromatic carbocycles. The van der Waals surface area contributed by atoms with Crippen LogP contribution in [-0.2, 0) is 6.18 Å². The number of rotatable bonds is 2. The third-order valence-corrected chi connectivity index (χ3v) is 3.58. The molecule has 3 nitrogen and oxygen atoms in total. The molecule has 1 aliphatic rings. The van der Waals surface area contributed by atoms with Gasteiger partial charge in [-0.15, -0.1) is 10.2 Å². The number of hydrogen-bond donors (Lipinski definition) is 0. The number of benzene rings is 1. The average molecular weight is 333 g/mol. The Balaban J connectivity index is 2.02. The van der Waals surface area contributed by atoms with Crippen LogP contribution in [0.3, 0.4) is 0 Å². The molecule has 1 fully saturated rings. The van der Waals surface area contributed by atoms with Gasteiger partial charge in [-0.2, -0.15) is 13.2 Å². The summed E-state index contributed by atoms with van der Waals surface area (Å²) in [7, 11) is 0. The van der Waals surface area contributed by atoms with Gasteiger partial charge in [0.05, 0.1) is 11.1 Å². The van der Waals surface area contributed by atoms with E-state index in [0.29, 0.717) is 10.4 Å². The summed E-state index contributed by atoms with van der Waals surface area (Å²) in [5, 5.41) is 7.69. The molecule has 2 aromatic rings. The second kappa shape index (κ2) is 4.33. The van der Waals surface area contributed by atoms with Gasteiger partial charge in [0, 0.05) is 10.4 Å². The fraction of sp³-hybridized carbons (Fsp3) is 0.333. The highest BCUT2D eigenvalue weighted by atomic mass is 79.9. The van der Waals surface area contributed by atoms with E-state index in [-0.39, 0.29) is 17.4 Å². The van der Waals surface area contributed by atoms with Crippen molar-refractivity contribution in [2.24, 2.45) is 0 Å². The number of nitrogens with zero attached hydrogens (tertiary/aromatic N) is 2. The second-order valence-electron chi connectivity index (χ2n) is 4.41. The van der Waals surface area contributed by atoms with Gasteiger partial charge < -0.3 is 4.42 Å². The smallest absolute Gasteiger partial charge is 0.416 e. The zero-order chi connectivity index (χ0) is 13.6. The minimum absolute atomic E-state index is 0.111. The maximum atomic E-state index is 12.7. The minimum atomic E-state index is -4.39. The molecule has 0 atom stereocenters. The topological polar surface area (TPSA) is 38.9 Å². The molecule has 0 radical (unpaired) electrons. The van der Waals surface area contributed by atoms with Crippen LogP contribution in [0.15, 0.2) is 27.1 Å². The summed E-state index contributed by atoms with van der Waals surface area (Å²) in [6.45, 7) is 0. The van der Waals surface area contributed by atoms with E-state index in [4.69, 9.17) is 4.42 Å². The fourth-order valence-corrected chi connectivity index (χ4v) is 2.12. The lowest BCUT2D eigenvalue weighted by atomic mass is 10.1. The Kier molecular flexibility index (Phi) is 2.88. The number of hydrogen-bond acceptors (Lipinski definition) is 3. The molecule has 1 aromatic heterocycles. The summed E-state index contributed by atoms with van der Waals surface area (Å²) >= 11 is 3.20. The molecule has 100 valence electrons. The first-order valence-corrected chi connectivity index (χ1v) is 6.45. The Labute approximate surface area is 115 Å². The van der Waals surface area contributed by atoms with E-state index >= 15 is 0 Å². The third-order valence-electron chi connectivity index (χ3n) is 2.89. The Morgan fingerprint density at radius 3 is 2.58 bits per heavy atom. The van der Waals surface area contributed by atoms with E-state index < -0.39 is 11.7 Å². The van der Waals surface area contributed by atoms with E-state index in [0.717, 1.165) is 25.0 Å². The van der Waals surface area contributed by atoms with Crippen LogP contribution in [0.2, 0.25) is 0 Å². The molecule has 0 aliphatic heterocycles. The van der Waals surface area contributed by atoms with Crippen LogP contribution in [0.1, 0.15) is 30.2 Å². The van der Waals surface area contributed by atoms with Crippen molar-refractivity contribution < 1.29 is 17.6 Å². The maximum absolute atomic E-state index is 12.7. The molecule has 1 aliphatic carbocycles. The normalized spacial score (nSPS) is 15.8. The zero-order valence-corrected chi connectivity index (χ0v) is 11.1. The van der Waals surface area contributed by atoms with Gasteiger partial charge in [0.25, 0.3) is 0 Å². The lowest BCUT2D eigenvalue weighted by Gasteiger charge is -2.08. The first kappa shape index (κ1) is 12.7. The monoisotopic (exact) mass is 332 g/mol. The molecule has 0 bridgehead atoms. The van der Waals surface area contributed by atoms with Crippen LogP contribution in [0.4, 0.5) is 13.2 Å². The lowest BCUT2D eigenvalue weighted by Crippen LogP contribution is -2.04. The zero-order valence-electron chi connectivity index (χ0n) is 9.54. The Hall–Kier alpha value is -1.37. The van der Waals surface area contributed by atoms with Gasteiger partial charge >= 0.3 is 6.18 Å². The fourth-order valence-electron chi connectivity index (χ4n) is 1.70. The van der Waals surface area contributed by atoms with Crippen LogP contribution in [0, 0.1) is 0 Å². The van der Waals surface area contributed by atoms with Crippen LogP contribution in [0.5, 0.6) is 0 Å². The Morgan fingerprint density at radius 2 is 1.95 bits per heavy atom. The van der Waals surface area contributed by atoms with Crippen LogP contribution >= 0.6 is 15.9 Å². The summed E-state index contributed by atoms with van der Waals surface area (Å²) < 4.78 is 43.9. The number of halogens is 4. The van der Waals surface area contributed by atoms with Crippen molar-refractivity contribution in [3.8, 4) is 11.5 Å². The van der Waals surface area contributed by atoms with E-state index in [1.54, 1.807) is 0 Å². The van der Waals surface area contributed by atoms with E-state index in [1.807, 2.05) is 0 Å². The molecule has 0 amide bonds. The highest BCUT2D eigenvalue weighted by molar-refractivity contribution is 9.10. The molecular weight excluding hydrogens is 325 g/mol. The van der Waals surface area contributed by atoms with E-state index in [9.17, 15) is 13.2 Å². The number of alkyl halides is 3. The molecule has 1 saturated carbocycles. The van der Waals surface area contributed by atoms with Gasteiger partial charge in [-0.3, -0.25) is 0 Å². The van der Waals surface area contributed by atoms with Gasteiger partial charge in [0.1, 0.15) is 0 Å². The van der Waals surface area contributed by atoms with E-state index in [1.165, 1.54) is 6.07 Å². The van der Waals surface area contributed by atoms with Crippen LogP contribution in [0.25, 0.3) is 11.5 Å². The molecule has 0 N–H and O–H groups in total. The number of aromatic nitrogens is 2. The van der Waals surface area contributed by atoms with Crippen molar-refractivity contribution >= 4 is 15.9 Å². The van der Waals surface area contributed by atoms with Gasteiger partial charge in [-0.1, -0.05) is 0 Å². The second-order valence-corrected chi connectivity index (χ2v) is 5.27. The predicted octanol–water partition coefficient (Wildman–Crippen LogP) is 4.40. The maximum Gasteiger partial charge on any atom is 0.416 e. The van der Waals surface area contributed by atoms with Crippen molar-refractivity contribution in [1.29, 1.82) is 0 Å². The summed E-state index contributed by atoms with van der Waals surface area (Å²) in [4.78, 5) is 0. The largest absolute Gasteiger partial charge is 0.420 e. The molecule has 0 saturated heterocycles. The molecule has 3 rings (SSSR count). The van der Waals surface area contributed by atoms with Gasteiger partial charge in [0.15, 0.2) is 0 Å². The van der Waals surface area contributed by atoms with Crippen LogP contribution in [-0.4, -0.2) is 10.2 Å². The van der Waals surface area contributed by atoms with Crippen LogP contribution < -0.4 is 0 Å². The molecule has 7 heteroatoms.